The second-order valence-corrected chi connectivity index (χ2v) is 3.72. The summed E-state index contributed by atoms with van der Waals surface area (Å²) < 4.78 is 1.83. The molecular formula is C12H11N2. The predicted octanol–water partition coefficient (Wildman–Crippen LogP) is 2.55. The lowest BCUT2D eigenvalue weighted by atomic mass is 10.3. The molecule has 0 aliphatic heterocycles. The number of hydrogen-bond acceptors (Lipinski definition) is 1. The maximum atomic E-state index is 4.50. The van der Waals surface area contributed by atoms with Crippen LogP contribution in [-0.4, -0.2) is 9.78 Å². The highest BCUT2D eigenvalue weighted by atomic mass is 15.3. The Morgan fingerprint density at radius 1 is 1.21 bits per heavy atom. The van der Waals surface area contributed by atoms with E-state index in [1.54, 1.807) is 0 Å². The maximum absolute atomic E-state index is 4.50. The third kappa shape index (κ3) is 1.33. The largest absolute Gasteiger partial charge is 0.231 e. The lowest BCUT2D eigenvalue weighted by molar-refractivity contribution is 0.833. The molecule has 1 aromatic carbocycles. The lowest BCUT2D eigenvalue weighted by Gasteiger charge is -1.98. The molecule has 1 radical (unpaired) electrons. The molecule has 1 heterocycles. The Balaban J connectivity index is 1.96. The molecular weight excluding hydrogens is 172 g/mol. The van der Waals surface area contributed by atoms with Crippen molar-refractivity contribution in [1.82, 2.24) is 9.78 Å². The first-order valence-electron chi connectivity index (χ1n) is 4.96. The van der Waals surface area contributed by atoms with Crippen LogP contribution in [0.2, 0.25) is 0 Å². The van der Waals surface area contributed by atoms with Crippen molar-refractivity contribution in [2.45, 2.75) is 18.8 Å². The van der Waals surface area contributed by atoms with Gasteiger partial charge in [-0.25, -0.2) is 4.68 Å². The molecule has 0 unspecified atom stereocenters. The van der Waals surface area contributed by atoms with E-state index in [9.17, 15) is 0 Å². The van der Waals surface area contributed by atoms with Gasteiger partial charge < -0.3 is 0 Å². The van der Waals surface area contributed by atoms with Crippen LogP contribution in [0.1, 0.15) is 24.5 Å². The molecule has 0 amide bonds. The van der Waals surface area contributed by atoms with Crippen molar-refractivity contribution in [2.24, 2.45) is 0 Å². The molecule has 2 nitrogen and oxygen atoms in total. The normalized spacial score (nSPS) is 15.7. The van der Waals surface area contributed by atoms with Crippen molar-refractivity contribution in [1.29, 1.82) is 0 Å². The van der Waals surface area contributed by atoms with Crippen LogP contribution >= 0.6 is 0 Å². The number of rotatable bonds is 2. The lowest BCUT2D eigenvalue weighted by Crippen LogP contribution is -1.95. The van der Waals surface area contributed by atoms with Gasteiger partial charge in [-0.05, 0) is 31.0 Å². The van der Waals surface area contributed by atoms with E-state index in [0.717, 1.165) is 5.69 Å². The molecule has 0 atom stereocenters. The first kappa shape index (κ1) is 7.80. The second kappa shape index (κ2) is 2.98. The van der Waals surface area contributed by atoms with E-state index in [1.165, 1.54) is 18.5 Å². The number of para-hydroxylation sites is 1. The summed E-state index contributed by atoms with van der Waals surface area (Å²) in [7, 11) is 0. The van der Waals surface area contributed by atoms with Crippen LogP contribution in [0, 0.1) is 6.20 Å². The van der Waals surface area contributed by atoms with Crippen molar-refractivity contribution in [2.75, 3.05) is 0 Å². The molecule has 1 aliphatic carbocycles. The summed E-state index contributed by atoms with van der Waals surface area (Å²) in [5.41, 5.74) is 2.27. The fraction of sp³-hybridized carbons (Fsp3) is 0.250. The van der Waals surface area contributed by atoms with Gasteiger partial charge in [0.1, 0.15) is 0 Å². The van der Waals surface area contributed by atoms with Gasteiger partial charge in [0.05, 0.1) is 17.6 Å². The van der Waals surface area contributed by atoms with Crippen LogP contribution in [0.25, 0.3) is 5.69 Å². The first-order chi connectivity index (χ1) is 6.93. The molecule has 69 valence electrons. The maximum Gasteiger partial charge on any atom is 0.0929 e. The van der Waals surface area contributed by atoms with E-state index >= 15 is 0 Å². The summed E-state index contributed by atoms with van der Waals surface area (Å²) in [4.78, 5) is 0. The SMILES string of the molecule is [c]1cc(C2CC2)nn1-c1ccccc1. The summed E-state index contributed by atoms with van der Waals surface area (Å²) in [6.45, 7) is 0. The summed E-state index contributed by atoms with van der Waals surface area (Å²) >= 11 is 0. The van der Waals surface area contributed by atoms with E-state index in [0.29, 0.717) is 5.92 Å². The van der Waals surface area contributed by atoms with Crippen molar-refractivity contribution >= 4 is 0 Å². The van der Waals surface area contributed by atoms with E-state index in [4.69, 9.17) is 0 Å². The Kier molecular flexibility index (Phi) is 1.66. The monoisotopic (exact) mass is 183 g/mol. The third-order valence-corrected chi connectivity index (χ3v) is 2.55. The van der Waals surface area contributed by atoms with Gasteiger partial charge in [0, 0.05) is 5.92 Å². The summed E-state index contributed by atoms with van der Waals surface area (Å²) in [5, 5.41) is 4.50. The molecule has 0 spiro atoms. The molecule has 1 aromatic heterocycles. The summed E-state index contributed by atoms with van der Waals surface area (Å²) in [5.74, 6) is 0.705. The second-order valence-electron chi connectivity index (χ2n) is 3.72. The van der Waals surface area contributed by atoms with Gasteiger partial charge in [0.2, 0.25) is 0 Å². The molecule has 14 heavy (non-hydrogen) atoms. The highest BCUT2D eigenvalue weighted by Crippen LogP contribution is 2.38. The van der Waals surface area contributed by atoms with Crippen LogP contribution in [0.3, 0.4) is 0 Å². The molecule has 3 rings (SSSR count). The Hall–Kier alpha value is -1.57. The molecule has 2 heteroatoms. The van der Waals surface area contributed by atoms with E-state index < -0.39 is 0 Å². The zero-order valence-corrected chi connectivity index (χ0v) is 7.85. The van der Waals surface area contributed by atoms with Crippen LogP contribution in [-0.2, 0) is 0 Å². The molecule has 1 aliphatic rings. The minimum atomic E-state index is 0.705. The van der Waals surface area contributed by atoms with Crippen LogP contribution < -0.4 is 0 Å². The van der Waals surface area contributed by atoms with Crippen LogP contribution in [0.5, 0.6) is 0 Å². The molecule has 1 saturated carbocycles. The quantitative estimate of drug-likeness (QED) is 0.699. The highest BCUT2D eigenvalue weighted by molar-refractivity contribution is 5.30. The van der Waals surface area contributed by atoms with Crippen LogP contribution in [0.15, 0.2) is 36.4 Å². The van der Waals surface area contributed by atoms with Crippen LogP contribution in [0.4, 0.5) is 0 Å². The standard InChI is InChI=1S/C12H11N2/c1-2-4-11(5-3-1)14-9-8-12(13-14)10-6-7-10/h1-5,8,10H,6-7H2. The van der Waals surface area contributed by atoms with Gasteiger partial charge in [0.25, 0.3) is 0 Å². The van der Waals surface area contributed by atoms with Gasteiger partial charge in [-0.3, -0.25) is 0 Å². The van der Waals surface area contributed by atoms with Crippen molar-refractivity contribution < 1.29 is 0 Å². The minimum Gasteiger partial charge on any atom is -0.231 e. The topological polar surface area (TPSA) is 17.8 Å². The van der Waals surface area contributed by atoms with E-state index in [-0.39, 0.29) is 0 Å². The van der Waals surface area contributed by atoms with Gasteiger partial charge in [0.15, 0.2) is 0 Å². The zero-order chi connectivity index (χ0) is 9.38. The number of benzene rings is 1. The number of aromatic nitrogens is 2. The van der Waals surface area contributed by atoms with Gasteiger partial charge >= 0.3 is 0 Å². The number of nitrogens with zero attached hydrogens (tertiary/aromatic N) is 2. The minimum absolute atomic E-state index is 0.705. The van der Waals surface area contributed by atoms with Gasteiger partial charge in [-0.15, -0.1) is 0 Å². The van der Waals surface area contributed by atoms with Crippen molar-refractivity contribution in [3.8, 4) is 5.69 Å². The molecule has 1 fully saturated rings. The summed E-state index contributed by atoms with van der Waals surface area (Å²) in [6, 6.07) is 12.1. The number of hydrogen-bond donors (Lipinski definition) is 0. The van der Waals surface area contributed by atoms with Crippen molar-refractivity contribution in [3.05, 3.63) is 48.3 Å². The Morgan fingerprint density at radius 3 is 2.71 bits per heavy atom. The molecule has 0 N–H and O–H groups in total. The van der Waals surface area contributed by atoms with E-state index in [1.807, 2.05) is 41.1 Å². The predicted molar refractivity (Wildman–Crippen MR) is 54.4 cm³/mol. The Labute approximate surface area is 83.2 Å². The fourth-order valence-corrected chi connectivity index (χ4v) is 1.58. The molecule has 2 aromatic rings. The zero-order valence-electron chi connectivity index (χ0n) is 7.85. The smallest absolute Gasteiger partial charge is 0.0929 e. The van der Waals surface area contributed by atoms with E-state index in [2.05, 4.69) is 11.3 Å². The molecule has 0 bridgehead atoms. The van der Waals surface area contributed by atoms with Gasteiger partial charge in [-0.2, -0.15) is 5.10 Å². The molecule has 0 saturated heterocycles. The Bertz CT molecular complexity index is 427. The third-order valence-electron chi connectivity index (χ3n) is 2.55. The fourth-order valence-electron chi connectivity index (χ4n) is 1.58. The Morgan fingerprint density at radius 2 is 2.00 bits per heavy atom. The van der Waals surface area contributed by atoms with Gasteiger partial charge in [-0.1, -0.05) is 18.2 Å². The first-order valence-corrected chi connectivity index (χ1v) is 4.96. The van der Waals surface area contributed by atoms with Crippen molar-refractivity contribution in [3.63, 3.8) is 0 Å². The summed E-state index contributed by atoms with van der Waals surface area (Å²) in [6.07, 6.45) is 5.73. The average Bonchev–Trinajstić information content (AvgIpc) is 2.98. The average molecular weight is 183 g/mol. The highest BCUT2D eigenvalue weighted by Gasteiger charge is 2.25.